The molecule has 1 aromatic carbocycles. The SMILES string of the molecule is Cc1nn(CC(C)C(=O)Nc2ncn(Cc3ccc(F)cc3Cl)n2)c(C)c1[N+](=O)[O-]. The molecule has 0 aliphatic rings. The molecule has 0 saturated carbocycles. The van der Waals surface area contributed by atoms with Crippen LogP contribution in [0.25, 0.3) is 0 Å². The lowest BCUT2D eigenvalue weighted by molar-refractivity contribution is -0.386. The lowest BCUT2D eigenvalue weighted by atomic mass is 10.1. The molecular weight excluding hydrogens is 417 g/mol. The van der Waals surface area contributed by atoms with E-state index in [9.17, 15) is 19.3 Å². The Balaban J connectivity index is 1.64. The minimum atomic E-state index is -0.541. The van der Waals surface area contributed by atoms with Gasteiger partial charge >= 0.3 is 5.69 Å². The first-order valence-corrected chi connectivity index (χ1v) is 9.36. The zero-order valence-electron chi connectivity index (χ0n) is 16.5. The molecule has 1 unspecified atom stereocenters. The second-order valence-electron chi connectivity index (χ2n) is 6.85. The standard InChI is InChI=1S/C18H19ClFN7O3/c1-10(7-26-12(3)16(27(29)30)11(2)23-26)17(28)22-18-21-9-25(24-18)8-13-4-5-14(20)6-15(13)19/h4-6,9-10H,7-8H2,1-3H3,(H,22,24,28). The highest BCUT2D eigenvalue weighted by Crippen LogP contribution is 2.23. The molecule has 0 radical (unpaired) electrons. The monoisotopic (exact) mass is 435 g/mol. The van der Waals surface area contributed by atoms with Gasteiger partial charge in [-0.1, -0.05) is 24.6 Å². The summed E-state index contributed by atoms with van der Waals surface area (Å²) in [6.45, 7) is 5.24. The van der Waals surface area contributed by atoms with Gasteiger partial charge in [0, 0.05) is 5.02 Å². The molecule has 0 saturated heterocycles. The predicted molar refractivity (Wildman–Crippen MR) is 107 cm³/mol. The van der Waals surface area contributed by atoms with Gasteiger partial charge in [0.1, 0.15) is 23.5 Å². The van der Waals surface area contributed by atoms with E-state index in [0.29, 0.717) is 17.0 Å². The molecule has 10 nitrogen and oxygen atoms in total. The van der Waals surface area contributed by atoms with Crippen LogP contribution in [0.15, 0.2) is 24.5 Å². The van der Waals surface area contributed by atoms with Crippen molar-refractivity contribution < 1.29 is 14.1 Å². The van der Waals surface area contributed by atoms with Crippen molar-refractivity contribution in [1.82, 2.24) is 24.5 Å². The second kappa shape index (κ2) is 8.57. The van der Waals surface area contributed by atoms with Gasteiger partial charge in [-0.25, -0.2) is 14.1 Å². The van der Waals surface area contributed by atoms with E-state index in [1.165, 1.54) is 27.8 Å². The van der Waals surface area contributed by atoms with E-state index >= 15 is 0 Å². The summed E-state index contributed by atoms with van der Waals surface area (Å²) in [5.74, 6) is -1.23. The number of aromatic nitrogens is 5. The highest BCUT2D eigenvalue weighted by Gasteiger charge is 2.24. The van der Waals surface area contributed by atoms with E-state index in [1.807, 2.05) is 0 Å². The fraction of sp³-hybridized carbons (Fsp3) is 0.333. The van der Waals surface area contributed by atoms with Crippen LogP contribution in [0.4, 0.5) is 16.0 Å². The van der Waals surface area contributed by atoms with Gasteiger partial charge in [0.05, 0.1) is 23.9 Å². The number of carbonyl (C=O) groups excluding carboxylic acids is 1. The van der Waals surface area contributed by atoms with E-state index in [4.69, 9.17) is 11.6 Å². The molecule has 0 aliphatic carbocycles. The average molecular weight is 436 g/mol. The van der Waals surface area contributed by atoms with Crippen molar-refractivity contribution in [3.05, 3.63) is 62.4 Å². The third-order valence-electron chi connectivity index (χ3n) is 4.54. The second-order valence-corrected chi connectivity index (χ2v) is 7.26. The van der Waals surface area contributed by atoms with Crippen LogP contribution < -0.4 is 5.32 Å². The van der Waals surface area contributed by atoms with Crippen molar-refractivity contribution in [2.24, 2.45) is 5.92 Å². The van der Waals surface area contributed by atoms with Crippen molar-refractivity contribution in [2.45, 2.75) is 33.9 Å². The van der Waals surface area contributed by atoms with Crippen LogP contribution in [-0.2, 0) is 17.9 Å². The maximum absolute atomic E-state index is 13.1. The van der Waals surface area contributed by atoms with E-state index < -0.39 is 16.7 Å². The molecule has 0 fully saturated rings. The Morgan fingerprint density at radius 2 is 2.10 bits per heavy atom. The lowest BCUT2D eigenvalue weighted by Gasteiger charge is -2.11. The molecule has 158 valence electrons. The Morgan fingerprint density at radius 3 is 2.73 bits per heavy atom. The number of rotatable bonds is 7. The maximum atomic E-state index is 13.1. The van der Waals surface area contributed by atoms with Crippen LogP contribution in [0.5, 0.6) is 0 Å². The van der Waals surface area contributed by atoms with Gasteiger partial charge in [-0.05, 0) is 31.5 Å². The topological polar surface area (TPSA) is 121 Å². The number of nitro groups is 1. The molecule has 0 spiro atoms. The summed E-state index contributed by atoms with van der Waals surface area (Å²) in [7, 11) is 0. The Hall–Kier alpha value is -3.34. The van der Waals surface area contributed by atoms with Crippen molar-refractivity contribution >= 4 is 29.1 Å². The smallest absolute Gasteiger partial charge is 0.293 e. The van der Waals surface area contributed by atoms with Gasteiger partial charge in [0.15, 0.2) is 0 Å². The fourth-order valence-corrected chi connectivity index (χ4v) is 3.18. The third kappa shape index (κ3) is 4.62. The normalized spacial score (nSPS) is 12.0. The third-order valence-corrected chi connectivity index (χ3v) is 4.89. The Bertz CT molecular complexity index is 1110. The molecular formula is C18H19ClFN7O3. The quantitative estimate of drug-likeness (QED) is 0.449. The highest BCUT2D eigenvalue weighted by molar-refractivity contribution is 6.31. The summed E-state index contributed by atoms with van der Waals surface area (Å²) >= 11 is 6.01. The van der Waals surface area contributed by atoms with Gasteiger partial charge in [0.25, 0.3) is 0 Å². The van der Waals surface area contributed by atoms with Crippen molar-refractivity contribution in [1.29, 1.82) is 0 Å². The van der Waals surface area contributed by atoms with Crippen LogP contribution in [0, 0.1) is 35.7 Å². The van der Waals surface area contributed by atoms with Crippen LogP contribution in [0.2, 0.25) is 5.02 Å². The van der Waals surface area contributed by atoms with Crippen LogP contribution in [-0.4, -0.2) is 35.4 Å². The molecule has 1 N–H and O–H groups in total. The van der Waals surface area contributed by atoms with Gasteiger partial charge in [-0.3, -0.25) is 24.9 Å². The number of halogens is 2. The molecule has 1 amide bonds. The first-order valence-electron chi connectivity index (χ1n) is 8.98. The average Bonchev–Trinajstić information content (AvgIpc) is 3.21. The predicted octanol–water partition coefficient (Wildman–Crippen LogP) is 3.12. The number of nitrogens with zero attached hydrogens (tertiary/aromatic N) is 6. The first kappa shape index (κ1) is 21.4. The lowest BCUT2D eigenvalue weighted by Crippen LogP contribution is -2.26. The molecule has 12 heteroatoms. The number of amides is 1. The summed E-state index contributed by atoms with van der Waals surface area (Å²) in [5, 5.41) is 22.3. The largest absolute Gasteiger partial charge is 0.312 e. The summed E-state index contributed by atoms with van der Waals surface area (Å²) < 4.78 is 16.1. The van der Waals surface area contributed by atoms with E-state index in [1.54, 1.807) is 26.8 Å². The molecule has 0 aliphatic heterocycles. The molecule has 1 atom stereocenters. The fourth-order valence-electron chi connectivity index (χ4n) is 2.96. The number of nitrogens with one attached hydrogen (secondary N) is 1. The summed E-state index contributed by atoms with van der Waals surface area (Å²) in [5.41, 5.74) is 1.28. The number of benzene rings is 1. The molecule has 2 heterocycles. The van der Waals surface area contributed by atoms with Crippen LogP contribution in [0.1, 0.15) is 23.9 Å². The number of anilines is 1. The van der Waals surface area contributed by atoms with Gasteiger partial charge in [-0.15, -0.1) is 5.10 Å². The van der Waals surface area contributed by atoms with Gasteiger partial charge < -0.3 is 0 Å². The van der Waals surface area contributed by atoms with Crippen LogP contribution >= 0.6 is 11.6 Å². The molecule has 3 rings (SSSR count). The first-order chi connectivity index (χ1) is 14.2. The van der Waals surface area contributed by atoms with E-state index in [-0.39, 0.29) is 35.7 Å². The van der Waals surface area contributed by atoms with Gasteiger partial charge in [-0.2, -0.15) is 5.10 Å². The summed E-state index contributed by atoms with van der Waals surface area (Å²) in [6.07, 6.45) is 1.42. The Kier molecular flexibility index (Phi) is 6.11. The minimum absolute atomic E-state index is 0.0533. The number of aryl methyl sites for hydroxylation is 1. The van der Waals surface area contributed by atoms with Gasteiger partial charge in [0.2, 0.25) is 11.9 Å². The Labute approximate surface area is 175 Å². The highest BCUT2D eigenvalue weighted by atomic mass is 35.5. The molecule has 2 aromatic heterocycles. The maximum Gasteiger partial charge on any atom is 0.312 e. The molecule has 0 bridgehead atoms. The molecule has 3 aromatic rings. The van der Waals surface area contributed by atoms with Crippen molar-refractivity contribution in [3.63, 3.8) is 0 Å². The zero-order valence-corrected chi connectivity index (χ0v) is 17.2. The zero-order chi connectivity index (χ0) is 22.0. The summed E-state index contributed by atoms with van der Waals surface area (Å²) in [4.78, 5) is 27.1. The van der Waals surface area contributed by atoms with Crippen LogP contribution in [0.3, 0.4) is 0 Å². The number of hydrogen-bond acceptors (Lipinski definition) is 6. The Morgan fingerprint density at radius 1 is 1.37 bits per heavy atom. The van der Waals surface area contributed by atoms with Crippen molar-refractivity contribution in [3.8, 4) is 0 Å². The molecule has 30 heavy (non-hydrogen) atoms. The van der Waals surface area contributed by atoms with E-state index in [0.717, 1.165) is 0 Å². The number of carbonyl (C=O) groups is 1. The minimum Gasteiger partial charge on any atom is -0.293 e. The number of hydrogen-bond donors (Lipinski definition) is 1. The van der Waals surface area contributed by atoms with E-state index in [2.05, 4.69) is 20.5 Å². The van der Waals surface area contributed by atoms with Crippen molar-refractivity contribution in [2.75, 3.05) is 5.32 Å². The summed E-state index contributed by atoms with van der Waals surface area (Å²) in [6, 6.07) is 4.06.